The highest BCUT2D eigenvalue weighted by molar-refractivity contribution is 6.35. The highest BCUT2D eigenvalue weighted by atomic mass is 35.5. The van der Waals surface area contributed by atoms with Crippen molar-refractivity contribution in [1.82, 2.24) is 5.32 Å². The van der Waals surface area contributed by atoms with Gasteiger partial charge in [0.25, 0.3) is 0 Å². The third-order valence-corrected chi connectivity index (χ3v) is 4.23. The first-order chi connectivity index (χ1) is 12.5. The second-order valence-electron chi connectivity index (χ2n) is 6.20. The van der Waals surface area contributed by atoms with Crippen LogP contribution in [0.3, 0.4) is 0 Å². The molecular weight excluding hydrogens is 371 g/mol. The van der Waals surface area contributed by atoms with Crippen LogP contribution in [0.25, 0.3) is 0 Å². The molecule has 0 radical (unpaired) electrons. The van der Waals surface area contributed by atoms with Crippen LogP contribution < -0.4 is 15.4 Å². The Bertz CT molecular complexity index is 736. The average Bonchev–Trinajstić information content (AvgIpc) is 2.57. The van der Waals surface area contributed by atoms with E-state index in [-0.39, 0.29) is 12.0 Å². The second kappa shape index (κ2) is 10.4. The summed E-state index contributed by atoms with van der Waals surface area (Å²) in [5, 5.41) is 7.45. The van der Waals surface area contributed by atoms with Crippen molar-refractivity contribution < 1.29 is 9.53 Å². The van der Waals surface area contributed by atoms with Crippen LogP contribution in [-0.4, -0.2) is 25.1 Å². The van der Waals surface area contributed by atoms with Crippen molar-refractivity contribution in [3.05, 3.63) is 58.1 Å². The fraction of sp³-hybridized carbons (Fsp3) is 0.350. The van der Waals surface area contributed by atoms with Gasteiger partial charge in [-0.3, -0.25) is 4.79 Å². The molecule has 0 saturated carbocycles. The molecule has 0 aliphatic rings. The van der Waals surface area contributed by atoms with E-state index in [4.69, 9.17) is 27.9 Å². The van der Waals surface area contributed by atoms with Crippen molar-refractivity contribution in [2.24, 2.45) is 0 Å². The van der Waals surface area contributed by atoms with Gasteiger partial charge in [0.15, 0.2) is 0 Å². The van der Waals surface area contributed by atoms with E-state index in [0.717, 1.165) is 18.5 Å². The minimum absolute atomic E-state index is 0.0504. The molecule has 2 aromatic carbocycles. The molecule has 0 spiro atoms. The predicted octanol–water partition coefficient (Wildman–Crippen LogP) is 4.94. The molecule has 6 heteroatoms. The Kier molecular flexibility index (Phi) is 8.23. The number of nitrogens with one attached hydrogen (secondary N) is 2. The van der Waals surface area contributed by atoms with Crippen molar-refractivity contribution in [1.29, 1.82) is 0 Å². The summed E-state index contributed by atoms with van der Waals surface area (Å²) < 4.78 is 5.71. The molecular formula is C20H24Cl2N2O2. The Labute approximate surface area is 164 Å². The smallest absolute Gasteiger partial charge is 0.225 e. The number of anilines is 1. The molecule has 0 atom stereocenters. The number of halogens is 2. The quantitative estimate of drug-likeness (QED) is 0.592. The highest BCUT2D eigenvalue weighted by Gasteiger charge is 2.08. The minimum atomic E-state index is -0.0539. The summed E-state index contributed by atoms with van der Waals surface area (Å²) in [5.41, 5.74) is 1.73. The monoisotopic (exact) mass is 394 g/mol. The second-order valence-corrected chi connectivity index (χ2v) is 7.04. The van der Waals surface area contributed by atoms with Gasteiger partial charge in [-0.2, -0.15) is 0 Å². The van der Waals surface area contributed by atoms with Gasteiger partial charge < -0.3 is 15.4 Å². The van der Waals surface area contributed by atoms with Crippen molar-refractivity contribution in [3.8, 4) is 5.75 Å². The molecule has 0 saturated heterocycles. The lowest BCUT2D eigenvalue weighted by Gasteiger charge is -2.14. The maximum absolute atomic E-state index is 12.1. The number of carbonyl (C=O) groups is 1. The first-order valence-corrected chi connectivity index (χ1v) is 9.41. The van der Waals surface area contributed by atoms with Gasteiger partial charge in [-0.25, -0.2) is 0 Å². The Hall–Kier alpha value is -1.75. The summed E-state index contributed by atoms with van der Waals surface area (Å²) >= 11 is 12.0. The van der Waals surface area contributed by atoms with Crippen LogP contribution >= 0.6 is 23.2 Å². The van der Waals surface area contributed by atoms with Gasteiger partial charge >= 0.3 is 0 Å². The lowest BCUT2D eigenvalue weighted by Crippen LogP contribution is -2.24. The molecule has 0 aliphatic carbocycles. The van der Waals surface area contributed by atoms with E-state index >= 15 is 0 Å². The van der Waals surface area contributed by atoms with Crippen LogP contribution in [0.5, 0.6) is 5.75 Å². The standard InChI is InChI=1S/C20H24Cl2N2O2/c1-14(2)26-19-6-4-3-5-18(19)24-20(25)10-12-23-11-9-15-7-8-16(21)13-17(15)22/h3-8,13-14,23H,9-12H2,1-2H3,(H,24,25). The zero-order valence-electron chi connectivity index (χ0n) is 15.0. The van der Waals surface area contributed by atoms with E-state index in [1.807, 2.05) is 50.2 Å². The molecule has 0 fully saturated rings. The molecule has 2 aromatic rings. The molecule has 0 heterocycles. The van der Waals surface area contributed by atoms with Gasteiger partial charge in [0.1, 0.15) is 5.75 Å². The van der Waals surface area contributed by atoms with E-state index < -0.39 is 0 Å². The van der Waals surface area contributed by atoms with E-state index in [1.54, 1.807) is 6.07 Å². The fourth-order valence-electron chi connectivity index (χ4n) is 2.41. The van der Waals surface area contributed by atoms with Gasteiger partial charge in [0.05, 0.1) is 11.8 Å². The topological polar surface area (TPSA) is 50.4 Å². The number of hydrogen-bond acceptors (Lipinski definition) is 3. The number of benzene rings is 2. The van der Waals surface area contributed by atoms with Gasteiger partial charge in [0, 0.05) is 23.0 Å². The van der Waals surface area contributed by atoms with E-state index in [2.05, 4.69) is 10.6 Å². The number of carbonyl (C=O) groups excluding carboxylic acids is 1. The Balaban J connectivity index is 1.72. The van der Waals surface area contributed by atoms with Gasteiger partial charge in [-0.1, -0.05) is 41.4 Å². The molecule has 0 bridgehead atoms. The molecule has 0 aromatic heterocycles. The maximum Gasteiger partial charge on any atom is 0.225 e. The molecule has 1 amide bonds. The third-order valence-electron chi connectivity index (χ3n) is 3.64. The predicted molar refractivity (Wildman–Crippen MR) is 108 cm³/mol. The zero-order chi connectivity index (χ0) is 18.9. The fourth-order valence-corrected chi connectivity index (χ4v) is 2.92. The largest absolute Gasteiger partial charge is 0.489 e. The number of ether oxygens (including phenoxy) is 1. The summed E-state index contributed by atoms with van der Waals surface area (Å²) in [6.07, 6.45) is 1.21. The first kappa shape index (κ1) is 20.6. The van der Waals surface area contributed by atoms with Crippen molar-refractivity contribution >= 4 is 34.8 Å². The summed E-state index contributed by atoms with van der Waals surface area (Å²) in [7, 11) is 0. The molecule has 140 valence electrons. The lowest BCUT2D eigenvalue weighted by atomic mass is 10.1. The Morgan fingerprint density at radius 1 is 1.12 bits per heavy atom. The van der Waals surface area contributed by atoms with Gasteiger partial charge in [0.2, 0.25) is 5.91 Å². The van der Waals surface area contributed by atoms with E-state index in [0.29, 0.717) is 34.4 Å². The van der Waals surface area contributed by atoms with Crippen molar-refractivity contribution in [2.75, 3.05) is 18.4 Å². The highest BCUT2D eigenvalue weighted by Crippen LogP contribution is 2.25. The maximum atomic E-state index is 12.1. The Morgan fingerprint density at radius 3 is 2.62 bits per heavy atom. The molecule has 0 aliphatic heterocycles. The SMILES string of the molecule is CC(C)Oc1ccccc1NC(=O)CCNCCc1ccc(Cl)cc1Cl. The van der Waals surface area contributed by atoms with Gasteiger partial charge in [-0.15, -0.1) is 0 Å². The van der Waals surface area contributed by atoms with Gasteiger partial charge in [-0.05, 0) is 56.6 Å². The normalized spacial score (nSPS) is 10.8. The van der Waals surface area contributed by atoms with Crippen LogP contribution in [-0.2, 0) is 11.2 Å². The molecule has 2 rings (SSSR count). The van der Waals surface area contributed by atoms with Crippen LogP contribution in [0.2, 0.25) is 10.0 Å². The van der Waals surface area contributed by atoms with Crippen molar-refractivity contribution in [3.63, 3.8) is 0 Å². The van der Waals surface area contributed by atoms with Crippen molar-refractivity contribution in [2.45, 2.75) is 32.8 Å². The minimum Gasteiger partial charge on any atom is -0.489 e. The molecule has 4 nitrogen and oxygen atoms in total. The lowest BCUT2D eigenvalue weighted by molar-refractivity contribution is -0.116. The number of para-hydroxylation sites is 2. The number of amides is 1. The number of rotatable bonds is 9. The first-order valence-electron chi connectivity index (χ1n) is 8.66. The average molecular weight is 395 g/mol. The molecule has 0 unspecified atom stereocenters. The Morgan fingerprint density at radius 2 is 1.88 bits per heavy atom. The van der Waals surface area contributed by atoms with Crippen LogP contribution in [0.4, 0.5) is 5.69 Å². The molecule has 26 heavy (non-hydrogen) atoms. The van der Waals surface area contributed by atoms with E-state index in [9.17, 15) is 4.79 Å². The van der Waals surface area contributed by atoms with Crippen LogP contribution in [0.1, 0.15) is 25.8 Å². The zero-order valence-corrected chi connectivity index (χ0v) is 16.5. The molecule has 2 N–H and O–H groups in total. The van der Waals surface area contributed by atoms with Crippen LogP contribution in [0, 0.1) is 0 Å². The van der Waals surface area contributed by atoms with E-state index in [1.165, 1.54) is 0 Å². The third kappa shape index (κ3) is 6.87. The van der Waals surface area contributed by atoms with Crippen LogP contribution in [0.15, 0.2) is 42.5 Å². The number of hydrogen-bond donors (Lipinski definition) is 2. The summed E-state index contributed by atoms with van der Waals surface area (Å²) in [6, 6.07) is 12.9. The summed E-state index contributed by atoms with van der Waals surface area (Å²) in [4.78, 5) is 12.1. The summed E-state index contributed by atoms with van der Waals surface area (Å²) in [5.74, 6) is 0.628. The summed E-state index contributed by atoms with van der Waals surface area (Å²) in [6.45, 7) is 5.23.